The Morgan fingerprint density at radius 2 is 2.21 bits per heavy atom. The van der Waals surface area contributed by atoms with Crippen molar-refractivity contribution in [1.82, 2.24) is 0 Å². The van der Waals surface area contributed by atoms with Gasteiger partial charge in [-0.1, -0.05) is 6.07 Å². The predicted octanol–water partition coefficient (Wildman–Crippen LogP) is 1.41. The highest BCUT2D eigenvalue weighted by Gasteiger charge is 2.17. The summed E-state index contributed by atoms with van der Waals surface area (Å²) in [6.45, 7) is 0. The van der Waals surface area contributed by atoms with Crippen LogP contribution in [0, 0.1) is 10.1 Å². The highest BCUT2D eigenvalue weighted by molar-refractivity contribution is 5.41. The summed E-state index contributed by atoms with van der Waals surface area (Å²) in [6.07, 6.45) is 2.68. The Bertz CT molecular complexity index is 376. The topological polar surface area (TPSA) is 69.2 Å². The molecule has 4 heteroatoms. The van der Waals surface area contributed by atoms with E-state index < -0.39 is 0 Å². The molecule has 0 aliphatic heterocycles. The molecule has 0 saturated heterocycles. The molecule has 2 N–H and O–H groups in total. The van der Waals surface area contributed by atoms with E-state index in [0.29, 0.717) is 0 Å². The molecule has 1 aromatic carbocycles. The summed E-state index contributed by atoms with van der Waals surface area (Å²) in [7, 11) is 0. The molecule has 2 rings (SSSR count). The number of nitrogens with zero attached hydrogens (tertiary/aromatic N) is 1. The van der Waals surface area contributed by atoms with Crippen molar-refractivity contribution in [1.29, 1.82) is 0 Å². The zero-order valence-corrected chi connectivity index (χ0v) is 7.77. The van der Waals surface area contributed by atoms with Crippen LogP contribution in [0.3, 0.4) is 0 Å². The van der Waals surface area contributed by atoms with Gasteiger partial charge in [-0.15, -0.1) is 0 Å². The van der Waals surface area contributed by atoms with Gasteiger partial charge in [-0.25, -0.2) is 0 Å². The molecule has 0 spiro atoms. The summed E-state index contributed by atoms with van der Waals surface area (Å²) in [4.78, 5) is 10.2. The number of rotatable bonds is 1. The second-order valence-electron chi connectivity index (χ2n) is 3.71. The van der Waals surface area contributed by atoms with Gasteiger partial charge in [-0.3, -0.25) is 10.1 Å². The van der Waals surface area contributed by atoms with Crippen LogP contribution < -0.4 is 5.73 Å². The molecule has 0 bridgehead atoms. The third-order valence-corrected chi connectivity index (χ3v) is 2.67. The first-order valence-corrected chi connectivity index (χ1v) is 4.68. The van der Waals surface area contributed by atoms with Crippen molar-refractivity contribution in [3.05, 3.63) is 39.4 Å². The first-order chi connectivity index (χ1) is 6.66. The van der Waals surface area contributed by atoms with Crippen LogP contribution >= 0.6 is 0 Å². The fourth-order valence-corrected chi connectivity index (χ4v) is 1.89. The van der Waals surface area contributed by atoms with Crippen LogP contribution in [0.4, 0.5) is 5.69 Å². The monoisotopic (exact) mass is 192 g/mol. The molecular weight excluding hydrogens is 180 g/mol. The van der Waals surface area contributed by atoms with E-state index in [1.807, 2.05) is 6.07 Å². The van der Waals surface area contributed by atoms with Gasteiger partial charge in [0.05, 0.1) is 4.92 Å². The van der Waals surface area contributed by atoms with Gasteiger partial charge in [0.1, 0.15) is 0 Å². The minimum atomic E-state index is -0.361. The average Bonchev–Trinajstić information content (AvgIpc) is 2.16. The lowest BCUT2D eigenvalue weighted by Crippen LogP contribution is -2.27. The van der Waals surface area contributed by atoms with Crippen LogP contribution in [0.2, 0.25) is 0 Å². The summed E-state index contributed by atoms with van der Waals surface area (Å²) >= 11 is 0. The number of hydrogen-bond acceptors (Lipinski definition) is 3. The fourth-order valence-electron chi connectivity index (χ4n) is 1.89. The minimum Gasteiger partial charge on any atom is -0.327 e. The lowest BCUT2D eigenvalue weighted by Gasteiger charge is -2.20. The lowest BCUT2D eigenvalue weighted by molar-refractivity contribution is -0.384. The summed E-state index contributed by atoms with van der Waals surface area (Å²) in [5.74, 6) is 0. The van der Waals surface area contributed by atoms with Crippen molar-refractivity contribution in [3.8, 4) is 0 Å². The van der Waals surface area contributed by atoms with E-state index in [1.165, 1.54) is 5.56 Å². The first-order valence-electron chi connectivity index (χ1n) is 4.68. The quantitative estimate of drug-likeness (QED) is 0.540. The van der Waals surface area contributed by atoms with Crippen molar-refractivity contribution >= 4 is 5.69 Å². The maximum absolute atomic E-state index is 10.5. The average molecular weight is 192 g/mol. The fraction of sp³-hybridized carbons (Fsp3) is 0.400. The zero-order valence-electron chi connectivity index (χ0n) is 7.77. The zero-order chi connectivity index (χ0) is 10.1. The summed E-state index contributed by atoms with van der Waals surface area (Å²) in [5, 5.41) is 10.5. The second-order valence-corrected chi connectivity index (χ2v) is 3.71. The number of benzene rings is 1. The van der Waals surface area contributed by atoms with Crippen LogP contribution in [0.5, 0.6) is 0 Å². The number of hydrogen-bond donors (Lipinski definition) is 1. The molecule has 4 nitrogen and oxygen atoms in total. The van der Waals surface area contributed by atoms with Gasteiger partial charge in [0.2, 0.25) is 0 Å². The van der Waals surface area contributed by atoms with Crippen LogP contribution in [-0.2, 0) is 12.8 Å². The Balaban J connectivity index is 2.37. The molecule has 0 amide bonds. The minimum absolute atomic E-state index is 0.157. The Hall–Kier alpha value is -1.42. The molecular formula is C10H12N2O2. The molecule has 1 atom stereocenters. The summed E-state index contributed by atoms with van der Waals surface area (Å²) in [5.41, 5.74) is 8.22. The van der Waals surface area contributed by atoms with E-state index in [1.54, 1.807) is 12.1 Å². The Kier molecular flexibility index (Phi) is 2.21. The van der Waals surface area contributed by atoms with E-state index in [2.05, 4.69) is 0 Å². The molecule has 0 fully saturated rings. The number of nitro groups is 1. The molecule has 1 aliphatic rings. The third-order valence-electron chi connectivity index (χ3n) is 2.67. The molecule has 1 aliphatic carbocycles. The van der Waals surface area contributed by atoms with E-state index in [-0.39, 0.29) is 16.7 Å². The summed E-state index contributed by atoms with van der Waals surface area (Å²) in [6, 6.07) is 5.22. The molecule has 74 valence electrons. The second kappa shape index (κ2) is 3.38. The SMILES string of the molecule is N[C@H]1CCc2ccc([N+](=O)[O-])cc2C1. The molecule has 0 unspecified atom stereocenters. The Morgan fingerprint density at radius 3 is 2.93 bits per heavy atom. The highest BCUT2D eigenvalue weighted by atomic mass is 16.6. The lowest BCUT2D eigenvalue weighted by atomic mass is 9.88. The van der Waals surface area contributed by atoms with Crippen LogP contribution in [0.25, 0.3) is 0 Å². The van der Waals surface area contributed by atoms with Crippen molar-refractivity contribution in [2.24, 2.45) is 5.73 Å². The van der Waals surface area contributed by atoms with Crippen molar-refractivity contribution < 1.29 is 4.92 Å². The largest absolute Gasteiger partial charge is 0.327 e. The van der Waals surface area contributed by atoms with Gasteiger partial charge in [0.15, 0.2) is 0 Å². The maximum atomic E-state index is 10.5. The molecule has 0 aromatic heterocycles. The molecule has 0 heterocycles. The highest BCUT2D eigenvalue weighted by Crippen LogP contribution is 2.24. The van der Waals surface area contributed by atoms with Gasteiger partial charge < -0.3 is 5.73 Å². The number of non-ortho nitro benzene ring substituents is 1. The number of nitrogens with two attached hydrogens (primary N) is 1. The standard InChI is InChI=1S/C10H12N2O2/c11-9-3-1-7-2-4-10(12(13)14)6-8(7)5-9/h2,4,6,9H,1,3,5,11H2/t9-/m0/s1. The van der Waals surface area contributed by atoms with Gasteiger partial charge in [0.25, 0.3) is 5.69 Å². The first kappa shape index (κ1) is 9.15. The van der Waals surface area contributed by atoms with E-state index in [9.17, 15) is 10.1 Å². The smallest absolute Gasteiger partial charge is 0.269 e. The number of aryl methyl sites for hydroxylation is 1. The van der Waals surface area contributed by atoms with Gasteiger partial charge in [-0.2, -0.15) is 0 Å². The van der Waals surface area contributed by atoms with Gasteiger partial charge >= 0.3 is 0 Å². The van der Waals surface area contributed by atoms with E-state index in [4.69, 9.17) is 5.73 Å². The normalized spacial score (nSPS) is 20.2. The Morgan fingerprint density at radius 1 is 1.43 bits per heavy atom. The van der Waals surface area contributed by atoms with E-state index in [0.717, 1.165) is 24.8 Å². The van der Waals surface area contributed by atoms with Gasteiger partial charge in [-0.05, 0) is 30.4 Å². The van der Waals surface area contributed by atoms with Crippen LogP contribution in [0.15, 0.2) is 18.2 Å². The van der Waals surface area contributed by atoms with Crippen LogP contribution in [-0.4, -0.2) is 11.0 Å². The van der Waals surface area contributed by atoms with Gasteiger partial charge in [0, 0.05) is 18.2 Å². The van der Waals surface area contributed by atoms with Crippen LogP contribution in [0.1, 0.15) is 17.5 Å². The third kappa shape index (κ3) is 1.61. The van der Waals surface area contributed by atoms with Crippen molar-refractivity contribution in [3.63, 3.8) is 0 Å². The number of fused-ring (bicyclic) bond motifs is 1. The van der Waals surface area contributed by atoms with E-state index >= 15 is 0 Å². The number of nitro benzene ring substituents is 1. The Labute approximate surface area is 81.9 Å². The maximum Gasteiger partial charge on any atom is 0.269 e. The molecule has 14 heavy (non-hydrogen) atoms. The van der Waals surface area contributed by atoms with Crippen molar-refractivity contribution in [2.45, 2.75) is 25.3 Å². The summed E-state index contributed by atoms with van der Waals surface area (Å²) < 4.78 is 0. The molecule has 1 aromatic rings. The molecule has 0 saturated carbocycles. The predicted molar refractivity (Wildman–Crippen MR) is 53.1 cm³/mol. The van der Waals surface area contributed by atoms with Crippen molar-refractivity contribution in [2.75, 3.05) is 0 Å². The molecule has 0 radical (unpaired) electrons.